The first kappa shape index (κ1) is 23.8. The van der Waals surface area contributed by atoms with Gasteiger partial charge >= 0.3 is 0 Å². The molecule has 0 spiro atoms. The lowest BCUT2D eigenvalue weighted by atomic mass is 10.2. The zero-order valence-corrected chi connectivity index (χ0v) is 20.0. The zero-order valence-electron chi connectivity index (χ0n) is 16.1. The Hall–Kier alpha value is -1.43. The molecule has 0 radical (unpaired) electrons. The molecule has 0 saturated heterocycles. The SMILES string of the molecule is CN=C(NCCc1ccc(Cl)nc1)NCc1ccc(S(=O)(=O)NC2CC2)cc1.I. The Kier molecular flexibility index (Phi) is 9.12. The van der Waals surface area contributed by atoms with Crippen LogP contribution in [0.5, 0.6) is 0 Å². The molecule has 0 amide bonds. The molecular formula is C19H25ClIN5O2S. The predicted octanol–water partition coefficient (Wildman–Crippen LogP) is 2.70. The van der Waals surface area contributed by atoms with Gasteiger partial charge in [-0.05, 0) is 48.6 Å². The molecule has 1 aromatic carbocycles. The fourth-order valence-corrected chi connectivity index (χ4v) is 3.98. The number of benzene rings is 1. The van der Waals surface area contributed by atoms with E-state index in [2.05, 4.69) is 25.3 Å². The van der Waals surface area contributed by atoms with E-state index in [1.165, 1.54) is 0 Å². The molecule has 0 atom stereocenters. The number of aromatic nitrogens is 1. The Bertz CT molecular complexity index is 917. The van der Waals surface area contributed by atoms with Crippen molar-refractivity contribution in [3.05, 3.63) is 58.9 Å². The Balaban J connectivity index is 0.00000300. The molecule has 1 aliphatic rings. The van der Waals surface area contributed by atoms with Gasteiger partial charge in [-0.3, -0.25) is 4.99 Å². The van der Waals surface area contributed by atoms with E-state index in [1.807, 2.05) is 6.07 Å². The number of pyridine rings is 1. The highest BCUT2D eigenvalue weighted by molar-refractivity contribution is 14.0. The summed E-state index contributed by atoms with van der Waals surface area (Å²) >= 11 is 5.78. The third-order valence-electron chi connectivity index (χ3n) is 4.31. The normalized spacial score (nSPS) is 14.2. The summed E-state index contributed by atoms with van der Waals surface area (Å²) < 4.78 is 27.1. The number of guanidine groups is 1. The first-order valence-corrected chi connectivity index (χ1v) is 11.0. The Morgan fingerprint density at radius 3 is 2.41 bits per heavy atom. The number of nitrogens with one attached hydrogen (secondary N) is 3. The number of sulfonamides is 1. The summed E-state index contributed by atoms with van der Waals surface area (Å²) in [5, 5.41) is 6.94. The van der Waals surface area contributed by atoms with Gasteiger partial charge in [-0.2, -0.15) is 0 Å². The number of hydrogen-bond donors (Lipinski definition) is 3. The van der Waals surface area contributed by atoms with Crippen LogP contribution >= 0.6 is 35.6 Å². The molecule has 10 heteroatoms. The summed E-state index contributed by atoms with van der Waals surface area (Å²) in [4.78, 5) is 8.55. The van der Waals surface area contributed by atoms with Gasteiger partial charge in [-0.25, -0.2) is 18.1 Å². The maximum Gasteiger partial charge on any atom is 0.240 e. The number of aliphatic imine (C=N–C) groups is 1. The van der Waals surface area contributed by atoms with E-state index >= 15 is 0 Å². The summed E-state index contributed by atoms with van der Waals surface area (Å²) in [7, 11) is -1.70. The average Bonchev–Trinajstić information content (AvgIpc) is 3.49. The maximum absolute atomic E-state index is 12.2. The van der Waals surface area contributed by atoms with Crippen molar-refractivity contribution < 1.29 is 8.42 Å². The van der Waals surface area contributed by atoms with Crippen LogP contribution in [-0.2, 0) is 23.0 Å². The van der Waals surface area contributed by atoms with Crippen molar-refractivity contribution in [3.8, 4) is 0 Å². The van der Waals surface area contributed by atoms with Gasteiger partial charge in [-0.15, -0.1) is 24.0 Å². The van der Waals surface area contributed by atoms with Crippen LogP contribution in [0.3, 0.4) is 0 Å². The molecule has 0 bridgehead atoms. The fourth-order valence-electron chi connectivity index (χ4n) is 2.56. The molecule has 3 rings (SSSR count). The van der Waals surface area contributed by atoms with E-state index in [4.69, 9.17) is 11.6 Å². The Morgan fingerprint density at radius 1 is 1.14 bits per heavy atom. The topological polar surface area (TPSA) is 95.5 Å². The standard InChI is InChI=1S/C19H24ClN5O2S.HI/c1-21-19(22-11-10-15-4-9-18(20)23-12-15)24-13-14-2-7-17(8-3-14)28(26,27)25-16-5-6-16;/h2-4,7-9,12,16,25H,5-6,10-11,13H2,1H3,(H2,21,22,24);1H. The minimum atomic E-state index is -3.41. The molecule has 1 saturated carbocycles. The van der Waals surface area contributed by atoms with Crippen LogP contribution in [0.1, 0.15) is 24.0 Å². The second-order valence-corrected chi connectivity index (χ2v) is 8.73. The quantitative estimate of drug-likeness (QED) is 0.204. The molecule has 29 heavy (non-hydrogen) atoms. The Morgan fingerprint density at radius 2 is 1.83 bits per heavy atom. The van der Waals surface area contributed by atoms with Crippen LogP contribution in [0.15, 0.2) is 52.5 Å². The van der Waals surface area contributed by atoms with Crippen molar-refractivity contribution in [1.29, 1.82) is 0 Å². The minimum Gasteiger partial charge on any atom is -0.356 e. The van der Waals surface area contributed by atoms with E-state index in [1.54, 1.807) is 43.6 Å². The lowest BCUT2D eigenvalue weighted by Crippen LogP contribution is -2.37. The summed E-state index contributed by atoms with van der Waals surface area (Å²) in [5.74, 6) is 0.675. The number of halogens is 2. The van der Waals surface area contributed by atoms with Crippen LogP contribution in [0, 0.1) is 0 Å². The molecule has 158 valence electrons. The van der Waals surface area contributed by atoms with Gasteiger partial charge in [0.1, 0.15) is 5.15 Å². The second kappa shape index (κ2) is 11.1. The highest BCUT2D eigenvalue weighted by Crippen LogP contribution is 2.22. The monoisotopic (exact) mass is 549 g/mol. The number of rotatable bonds is 8. The van der Waals surface area contributed by atoms with Crippen molar-refractivity contribution in [2.75, 3.05) is 13.6 Å². The third-order valence-corrected chi connectivity index (χ3v) is 6.07. The zero-order chi connectivity index (χ0) is 20.0. The first-order chi connectivity index (χ1) is 13.5. The van der Waals surface area contributed by atoms with E-state index in [-0.39, 0.29) is 30.0 Å². The molecule has 0 aliphatic heterocycles. The van der Waals surface area contributed by atoms with Crippen LogP contribution in [-0.4, -0.2) is 39.0 Å². The lowest BCUT2D eigenvalue weighted by molar-refractivity contribution is 0.581. The summed E-state index contributed by atoms with van der Waals surface area (Å²) in [6.45, 7) is 1.24. The molecule has 0 unspecified atom stereocenters. The van der Waals surface area contributed by atoms with E-state index in [0.717, 1.165) is 30.4 Å². The van der Waals surface area contributed by atoms with Gasteiger partial charge in [-0.1, -0.05) is 29.8 Å². The molecule has 7 nitrogen and oxygen atoms in total. The smallest absolute Gasteiger partial charge is 0.240 e. The molecule has 1 fully saturated rings. The average molecular weight is 550 g/mol. The van der Waals surface area contributed by atoms with E-state index in [9.17, 15) is 8.42 Å². The number of hydrogen-bond acceptors (Lipinski definition) is 4. The van der Waals surface area contributed by atoms with Crippen LogP contribution < -0.4 is 15.4 Å². The highest BCUT2D eigenvalue weighted by Gasteiger charge is 2.27. The maximum atomic E-state index is 12.2. The highest BCUT2D eigenvalue weighted by atomic mass is 127. The van der Waals surface area contributed by atoms with Crippen molar-refractivity contribution in [2.24, 2.45) is 4.99 Å². The van der Waals surface area contributed by atoms with Crippen molar-refractivity contribution >= 4 is 51.6 Å². The Labute approximate surface area is 193 Å². The lowest BCUT2D eigenvalue weighted by Gasteiger charge is -2.12. The van der Waals surface area contributed by atoms with Gasteiger partial charge < -0.3 is 10.6 Å². The fraction of sp³-hybridized carbons (Fsp3) is 0.368. The minimum absolute atomic E-state index is 0. The van der Waals surface area contributed by atoms with Crippen molar-refractivity contribution in [3.63, 3.8) is 0 Å². The van der Waals surface area contributed by atoms with Gasteiger partial charge in [0.15, 0.2) is 5.96 Å². The van der Waals surface area contributed by atoms with Gasteiger partial charge in [0, 0.05) is 32.4 Å². The van der Waals surface area contributed by atoms with E-state index in [0.29, 0.717) is 29.1 Å². The van der Waals surface area contributed by atoms with E-state index < -0.39 is 10.0 Å². The molecule has 3 N–H and O–H groups in total. The summed E-state index contributed by atoms with van der Waals surface area (Å²) in [5.41, 5.74) is 2.05. The third kappa shape index (κ3) is 7.72. The molecule has 1 aliphatic carbocycles. The van der Waals surface area contributed by atoms with Crippen LogP contribution in [0.2, 0.25) is 5.15 Å². The molecular weight excluding hydrogens is 525 g/mol. The summed E-state index contributed by atoms with van der Waals surface area (Å²) in [6.07, 6.45) is 4.39. The van der Waals surface area contributed by atoms with Crippen molar-refractivity contribution in [1.82, 2.24) is 20.3 Å². The van der Waals surface area contributed by atoms with Crippen LogP contribution in [0.25, 0.3) is 0 Å². The first-order valence-electron chi connectivity index (χ1n) is 9.12. The van der Waals surface area contributed by atoms with Gasteiger partial charge in [0.2, 0.25) is 10.0 Å². The molecule has 1 heterocycles. The predicted molar refractivity (Wildman–Crippen MR) is 126 cm³/mol. The van der Waals surface area contributed by atoms with Gasteiger partial charge in [0.05, 0.1) is 4.90 Å². The number of nitrogens with zero attached hydrogens (tertiary/aromatic N) is 2. The molecule has 2 aromatic rings. The van der Waals surface area contributed by atoms with Gasteiger partial charge in [0.25, 0.3) is 0 Å². The van der Waals surface area contributed by atoms with Crippen LogP contribution in [0.4, 0.5) is 0 Å². The molecule has 1 aromatic heterocycles. The summed E-state index contributed by atoms with van der Waals surface area (Å²) in [6, 6.07) is 10.7. The largest absolute Gasteiger partial charge is 0.356 e. The second-order valence-electron chi connectivity index (χ2n) is 6.63. The van der Waals surface area contributed by atoms with Crippen molar-refractivity contribution in [2.45, 2.75) is 36.7 Å².